The molecule has 0 bridgehead atoms. The van der Waals surface area contributed by atoms with E-state index in [4.69, 9.17) is 6.64 Å². The van der Waals surface area contributed by atoms with Gasteiger partial charge in [0.25, 0.3) is 0 Å². The molecule has 0 heterocycles. The topological polar surface area (TPSA) is 35.5 Å². The molecule has 0 aromatic rings. The van der Waals surface area contributed by atoms with Gasteiger partial charge in [-0.25, -0.2) is 0 Å². The third kappa shape index (κ3) is 12.3. The van der Waals surface area contributed by atoms with Crippen molar-refractivity contribution in [2.45, 2.75) is 161 Å². The van der Waals surface area contributed by atoms with Crippen LogP contribution in [0.15, 0.2) is 0 Å². The Labute approximate surface area is 215 Å². The number of unbranched alkanes of at least 4 members (excludes halogenated alkanes) is 4. The van der Waals surface area contributed by atoms with Gasteiger partial charge in [0.1, 0.15) is 0 Å². The van der Waals surface area contributed by atoms with Gasteiger partial charge in [-0.1, -0.05) is 0 Å². The molecule has 0 fully saturated rings. The summed E-state index contributed by atoms with van der Waals surface area (Å²) in [7, 11) is 0. The van der Waals surface area contributed by atoms with Crippen molar-refractivity contribution in [1.29, 1.82) is 0 Å². The van der Waals surface area contributed by atoms with Crippen molar-refractivity contribution >= 4 is 0 Å². The molecule has 0 radical (unpaired) electrons. The van der Waals surface area contributed by atoms with E-state index in [2.05, 4.69) is 83.1 Å². The van der Waals surface area contributed by atoms with Gasteiger partial charge in [-0.3, -0.25) is 0 Å². The van der Waals surface area contributed by atoms with Gasteiger partial charge in [-0.2, -0.15) is 0 Å². The average Bonchev–Trinajstić information content (AvgIpc) is 2.71. The zero-order valence-electron chi connectivity index (χ0n) is 25.0. The van der Waals surface area contributed by atoms with Crippen LogP contribution < -0.4 is 0 Å². The predicted octanol–water partition coefficient (Wildman–Crippen LogP) is 11.4. The molecule has 0 atom stereocenters. The quantitative estimate of drug-likeness (QED) is 0.127. The van der Waals surface area contributed by atoms with E-state index in [0.717, 1.165) is 68.3 Å². The van der Waals surface area contributed by atoms with E-state index in [1.165, 1.54) is 0 Å². The van der Waals surface area contributed by atoms with E-state index in [1.54, 1.807) is 0 Å². The van der Waals surface area contributed by atoms with Crippen LogP contribution in [0.5, 0.6) is 0 Å². The first kappa shape index (κ1) is 36.3. The van der Waals surface area contributed by atoms with Crippen molar-refractivity contribution < 1.29 is 42.6 Å². The van der Waals surface area contributed by atoms with Crippen LogP contribution >= 0.6 is 0 Å². The minimum atomic E-state index is -4.42. The first-order valence-electron chi connectivity index (χ1n) is 14.5. The second-order valence-corrected chi connectivity index (χ2v) is 28.7. The monoisotopic (exact) mass is 544 g/mol. The third-order valence-electron chi connectivity index (χ3n) is 7.87. The summed E-state index contributed by atoms with van der Waals surface area (Å²) in [4.78, 5) is 0. The molecule has 0 N–H and O–H groups in total. The van der Waals surface area contributed by atoms with Gasteiger partial charge < -0.3 is 0 Å². The van der Waals surface area contributed by atoms with E-state index in [9.17, 15) is 3.32 Å². The van der Waals surface area contributed by atoms with E-state index in [-0.39, 0.29) is 0 Å². The standard InChI is InChI=1S/2C4H9O.2C4H9.4C3H7.O.2Ti/c2*1-2-3-4-5;2*1-3-4-2;4*1-3-2;;;/h2*2-4H2,1H3;2*1,3-4H2,2H3;4*3H,1-2H3;;;/q2*-1;;;;;;;;;+2. The van der Waals surface area contributed by atoms with Gasteiger partial charge in [-0.05, 0) is 0 Å². The van der Waals surface area contributed by atoms with Gasteiger partial charge in [0, 0.05) is 0 Å². The number of rotatable bonds is 18. The second kappa shape index (κ2) is 18.4. The van der Waals surface area contributed by atoms with Crippen molar-refractivity contribution in [3.05, 3.63) is 0 Å². The van der Waals surface area contributed by atoms with Crippen molar-refractivity contribution in [3.8, 4) is 0 Å². The summed E-state index contributed by atoms with van der Waals surface area (Å²) >= 11 is -6.09. The van der Waals surface area contributed by atoms with Crippen molar-refractivity contribution in [2.24, 2.45) is 0 Å². The molecule has 0 aliphatic rings. The van der Waals surface area contributed by atoms with E-state index < -0.39 is 32.6 Å². The summed E-state index contributed by atoms with van der Waals surface area (Å²) in [6.45, 7) is 29.4. The number of hydrogen-bond donors (Lipinski definition) is 0. The van der Waals surface area contributed by atoms with Gasteiger partial charge in [0.15, 0.2) is 0 Å². The minimum absolute atomic E-state index is 0.594. The Kier molecular flexibility index (Phi) is 20.2. The molecule has 5 heteroatoms. The zero-order chi connectivity index (χ0) is 26.2. The summed E-state index contributed by atoms with van der Waals surface area (Å²) < 4.78 is 30.9. The van der Waals surface area contributed by atoms with Gasteiger partial charge in [0.2, 0.25) is 0 Å². The Morgan fingerprint density at radius 1 is 0.545 bits per heavy atom. The van der Waals surface area contributed by atoms with Crippen molar-refractivity contribution in [3.63, 3.8) is 0 Å². The molecule has 0 saturated heterocycles. The molecule has 202 valence electrons. The summed E-state index contributed by atoms with van der Waals surface area (Å²) in [5.74, 6) is 0. The summed E-state index contributed by atoms with van der Waals surface area (Å²) in [5, 5.41) is 0. The molecule has 3 nitrogen and oxygen atoms in total. The number of hydrogen-bond acceptors (Lipinski definition) is 3. The van der Waals surface area contributed by atoms with Crippen LogP contribution in [0.25, 0.3) is 0 Å². The maximum atomic E-state index is 13.7. The Hall–Kier alpha value is 1.15. The van der Waals surface area contributed by atoms with Gasteiger partial charge in [-0.15, -0.1) is 0 Å². The average molecular weight is 545 g/mol. The molecule has 0 rings (SSSR count). The van der Waals surface area contributed by atoms with E-state index in [0.29, 0.717) is 22.7 Å². The molecule has 0 aromatic heterocycles. The molecule has 0 aliphatic heterocycles. The third-order valence-corrected chi connectivity index (χ3v) is 27.1. The van der Waals surface area contributed by atoms with Gasteiger partial charge in [0.05, 0.1) is 0 Å². The van der Waals surface area contributed by atoms with Crippen molar-refractivity contribution in [1.82, 2.24) is 0 Å². The van der Waals surface area contributed by atoms with E-state index >= 15 is 0 Å². The van der Waals surface area contributed by atoms with Crippen LogP contribution in [0, 0.1) is 0 Å². The normalized spacial score (nSPS) is 13.2. The van der Waals surface area contributed by atoms with Crippen LogP contribution in [-0.4, -0.2) is 13.2 Å². The second-order valence-electron chi connectivity index (χ2n) is 11.6. The van der Waals surface area contributed by atoms with Crippen molar-refractivity contribution in [2.75, 3.05) is 13.2 Å². The van der Waals surface area contributed by atoms with Crippen LogP contribution in [0.2, 0.25) is 26.3 Å². The van der Waals surface area contributed by atoms with Crippen LogP contribution in [0.3, 0.4) is 0 Å². The predicted molar refractivity (Wildman–Crippen MR) is 142 cm³/mol. The molecular weight excluding hydrogens is 480 g/mol. The fraction of sp³-hybridized carbons (Fsp3) is 1.00. The molecule has 0 saturated carbocycles. The molecule has 0 spiro atoms. The Balaban J connectivity index is 0. The fourth-order valence-corrected chi connectivity index (χ4v) is 25.4. The first-order chi connectivity index (χ1) is 15.3. The zero-order valence-corrected chi connectivity index (χ0v) is 28.1. The first-order valence-corrected chi connectivity index (χ1v) is 22.2. The molecule has 0 aromatic carbocycles. The Bertz CT molecular complexity index is 462. The summed E-state index contributed by atoms with van der Waals surface area (Å²) in [6.07, 6.45) is 8.06. The molecule has 0 unspecified atom stereocenters. The maximum absolute atomic E-state index is 13.7. The van der Waals surface area contributed by atoms with Crippen LogP contribution in [0.4, 0.5) is 0 Å². The summed E-state index contributed by atoms with van der Waals surface area (Å²) in [5.41, 5.74) is 0. The summed E-state index contributed by atoms with van der Waals surface area (Å²) in [6, 6.07) is 0. The van der Waals surface area contributed by atoms with Crippen LogP contribution in [-0.2, 0) is 42.6 Å². The Morgan fingerprint density at radius 3 is 1.00 bits per heavy atom. The molecule has 0 amide bonds. The van der Waals surface area contributed by atoms with E-state index in [1.807, 2.05) is 0 Å². The fourth-order valence-electron chi connectivity index (χ4n) is 6.38. The molecule has 33 heavy (non-hydrogen) atoms. The Morgan fingerprint density at radius 2 is 0.818 bits per heavy atom. The molecular formula is C28H64O3Ti2. The molecule has 0 aliphatic carbocycles. The van der Waals surface area contributed by atoms with Gasteiger partial charge >= 0.3 is 217 Å². The SMILES string of the molecule is CCCC[O][Ti](=[O])([CH2]CCC)([CH2]CCC)[O]CCCC.C[CH](C)[Ti]([CH](C)C)([CH](C)C)[CH](C)C. The van der Waals surface area contributed by atoms with Crippen LogP contribution in [0.1, 0.15) is 134 Å².